The molecule has 2 unspecified atom stereocenters. The molecule has 0 fully saturated rings. The highest BCUT2D eigenvalue weighted by Gasteiger charge is 2.63. The molecule has 2 atom stereocenters. The van der Waals surface area contributed by atoms with Gasteiger partial charge in [-0.1, -0.05) is 62.3 Å². The number of carboxylic acids is 1. The first-order valence-corrected chi connectivity index (χ1v) is 8.74. The Morgan fingerprint density at radius 3 is 1.52 bits per heavy atom. The minimum Gasteiger partial charge on any atom is -0.481 e. The van der Waals surface area contributed by atoms with Crippen molar-refractivity contribution in [2.24, 2.45) is 28.1 Å². The van der Waals surface area contributed by atoms with Crippen molar-refractivity contribution < 1.29 is 19.4 Å². The summed E-state index contributed by atoms with van der Waals surface area (Å²) in [6, 6.07) is 0. The van der Waals surface area contributed by atoms with Gasteiger partial charge in [0, 0.05) is 0 Å². The Morgan fingerprint density at radius 1 is 0.913 bits per heavy atom. The van der Waals surface area contributed by atoms with Gasteiger partial charge in [0.15, 0.2) is 0 Å². The maximum atomic E-state index is 13.1. The molecule has 0 heterocycles. The first kappa shape index (κ1) is 21.9. The summed E-state index contributed by atoms with van der Waals surface area (Å²) in [5.74, 6) is -1.57. The van der Waals surface area contributed by atoms with Crippen molar-refractivity contribution in [1.82, 2.24) is 0 Å². The summed E-state index contributed by atoms with van der Waals surface area (Å²) in [6.45, 7) is 17.7. The number of carboxylic acid groups (broad SMARTS) is 1. The topological polar surface area (TPSA) is 63.6 Å². The molecule has 0 aliphatic heterocycles. The molecule has 0 radical (unpaired) electrons. The van der Waals surface area contributed by atoms with E-state index in [1.54, 1.807) is 0 Å². The number of carbonyl (C=O) groups excluding carboxylic acids is 1. The van der Waals surface area contributed by atoms with Crippen molar-refractivity contribution in [3.63, 3.8) is 0 Å². The number of aliphatic carboxylic acids is 1. The van der Waals surface area contributed by atoms with Crippen LogP contribution < -0.4 is 0 Å². The smallest absolute Gasteiger partial charge is 0.313 e. The zero-order valence-corrected chi connectivity index (χ0v) is 16.4. The van der Waals surface area contributed by atoms with Crippen LogP contribution in [0.1, 0.15) is 75.2 Å². The van der Waals surface area contributed by atoms with Crippen LogP contribution in [0.25, 0.3) is 0 Å². The Hall–Kier alpha value is -1.06. The van der Waals surface area contributed by atoms with E-state index in [1.165, 1.54) is 0 Å². The lowest BCUT2D eigenvalue weighted by Crippen LogP contribution is -2.58. The van der Waals surface area contributed by atoms with Gasteiger partial charge in [-0.2, -0.15) is 0 Å². The zero-order valence-electron chi connectivity index (χ0n) is 16.4. The molecule has 4 heteroatoms. The number of hydrogen-bond acceptors (Lipinski definition) is 3. The standard InChI is InChI=1S/C19H36O4/c1-10-18(13(3)4,15(20)21)19(11-2,14(5)6)16(22)23-12-17(7,8)9/h13-14H,10-12H2,1-9H3,(H,20,21). The van der Waals surface area contributed by atoms with Crippen LogP contribution in [0.3, 0.4) is 0 Å². The van der Waals surface area contributed by atoms with E-state index in [2.05, 4.69) is 0 Å². The third-order valence-electron chi connectivity index (χ3n) is 5.26. The lowest BCUT2D eigenvalue weighted by Gasteiger charge is -2.50. The van der Waals surface area contributed by atoms with Crippen LogP contribution in [0.2, 0.25) is 0 Å². The number of ether oxygens (including phenoxy) is 1. The van der Waals surface area contributed by atoms with Gasteiger partial charge in [-0.3, -0.25) is 9.59 Å². The van der Waals surface area contributed by atoms with Crippen LogP contribution in [0.4, 0.5) is 0 Å². The van der Waals surface area contributed by atoms with Gasteiger partial charge in [0.1, 0.15) is 0 Å². The molecule has 0 amide bonds. The third-order valence-corrected chi connectivity index (χ3v) is 5.26. The second kappa shape index (κ2) is 7.67. The summed E-state index contributed by atoms with van der Waals surface area (Å²) < 4.78 is 5.63. The van der Waals surface area contributed by atoms with Gasteiger partial charge in [-0.25, -0.2) is 0 Å². The van der Waals surface area contributed by atoms with E-state index in [0.29, 0.717) is 12.8 Å². The van der Waals surface area contributed by atoms with Crippen LogP contribution in [0, 0.1) is 28.1 Å². The first-order chi connectivity index (χ1) is 10.3. The fourth-order valence-electron chi connectivity index (χ4n) is 4.04. The predicted molar refractivity (Wildman–Crippen MR) is 93.2 cm³/mol. The SMILES string of the molecule is CCC(C(=O)O)(C(C)C)C(CC)(C(=O)OCC(C)(C)C)C(C)C. The summed E-state index contributed by atoms with van der Waals surface area (Å²) in [4.78, 5) is 25.4. The normalized spacial score (nSPS) is 17.7. The fourth-order valence-corrected chi connectivity index (χ4v) is 4.04. The monoisotopic (exact) mass is 328 g/mol. The van der Waals surface area contributed by atoms with Crippen molar-refractivity contribution in [2.45, 2.75) is 75.2 Å². The average Bonchev–Trinajstić information content (AvgIpc) is 2.39. The highest BCUT2D eigenvalue weighted by Crippen LogP contribution is 2.55. The van der Waals surface area contributed by atoms with Crippen LogP contribution in [0.5, 0.6) is 0 Å². The molecule has 0 aliphatic rings. The van der Waals surface area contributed by atoms with Gasteiger partial charge in [0.25, 0.3) is 0 Å². The molecule has 0 saturated heterocycles. The zero-order chi connectivity index (χ0) is 18.6. The average molecular weight is 328 g/mol. The number of hydrogen-bond donors (Lipinski definition) is 1. The minimum atomic E-state index is -1.13. The van der Waals surface area contributed by atoms with E-state index in [0.717, 1.165) is 0 Å². The molecule has 0 aliphatic carbocycles. The van der Waals surface area contributed by atoms with Gasteiger partial charge < -0.3 is 9.84 Å². The lowest BCUT2D eigenvalue weighted by molar-refractivity contribution is -0.192. The third kappa shape index (κ3) is 3.89. The molecule has 0 aromatic carbocycles. The molecule has 0 bridgehead atoms. The van der Waals surface area contributed by atoms with E-state index in [1.807, 2.05) is 62.3 Å². The number of carbonyl (C=O) groups is 2. The summed E-state index contributed by atoms with van der Waals surface area (Å²) >= 11 is 0. The Labute approximate surface area is 142 Å². The lowest BCUT2D eigenvalue weighted by atomic mass is 9.51. The quantitative estimate of drug-likeness (QED) is 0.652. The molecular formula is C19H36O4. The van der Waals surface area contributed by atoms with Crippen molar-refractivity contribution in [1.29, 1.82) is 0 Å². The molecule has 0 aromatic rings. The largest absolute Gasteiger partial charge is 0.481 e. The molecule has 0 spiro atoms. The molecule has 1 N–H and O–H groups in total. The Bertz CT molecular complexity index is 420. The Balaban J connectivity index is 6.18. The van der Waals surface area contributed by atoms with Crippen molar-refractivity contribution >= 4 is 11.9 Å². The Morgan fingerprint density at radius 2 is 1.30 bits per heavy atom. The highest BCUT2D eigenvalue weighted by atomic mass is 16.5. The molecule has 4 nitrogen and oxygen atoms in total. The molecule has 136 valence electrons. The molecular weight excluding hydrogens is 292 g/mol. The minimum absolute atomic E-state index is 0.126. The summed E-state index contributed by atoms with van der Waals surface area (Å²) in [7, 11) is 0. The summed E-state index contributed by atoms with van der Waals surface area (Å²) in [5.41, 5.74) is -2.32. The first-order valence-electron chi connectivity index (χ1n) is 8.74. The van der Waals surface area contributed by atoms with Crippen molar-refractivity contribution in [2.75, 3.05) is 6.61 Å². The van der Waals surface area contributed by atoms with E-state index in [-0.39, 0.29) is 29.8 Å². The molecule has 0 rings (SSSR count). The van der Waals surface area contributed by atoms with Crippen LogP contribution in [0.15, 0.2) is 0 Å². The van der Waals surface area contributed by atoms with Gasteiger partial charge in [0.05, 0.1) is 17.4 Å². The molecule has 0 saturated carbocycles. The maximum absolute atomic E-state index is 13.1. The maximum Gasteiger partial charge on any atom is 0.313 e. The van der Waals surface area contributed by atoms with Gasteiger partial charge in [0.2, 0.25) is 0 Å². The van der Waals surface area contributed by atoms with E-state index >= 15 is 0 Å². The van der Waals surface area contributed by atoms with Crippen molar-refractivity contribution in [3.05, 3.63) is 0 Å². The van der Waals surface area contributed by atoms with Gasteiger partial charge >= 0.3 is 11.9 Å². The van der Waals surface area contributed by atoms with E-state index < -0.39 is 16.8 Å². The second-order valence-electron chi connectivity index (χ2n) is 8.40. The van der Waals surface area contributed by atoms with Gasteiger partial charge in [-0.05, 0) is 30.1 Å². The second-order valence-corrected chi connectivity index (χ2v) is 8.40. The van der Waals surface area contributed by atoms with Crippen LogP contribution >= 0.6 is 0 Å². The highest BCUT2D eigenvalue weighted by molar-refractivity contribution is 5.88. The number of rotatable bonds is 8. The number of esters is 1. The van der Waals surface area contributed by atoms with Crippen LogP contribution in [-0.4, -0.2) is 23.7 Å². The summed E-state index contributed by atoms with van der Waals surface area (Å²) in [5, 5.41) is 10.1. The summed E-state index contributed by atoms with van der Waals surface area (Å²) in [6.07, 6.45) is 0.850. The van der Waals surface area contributed by atoms with E-state index in [9.17, 15) is 14.7 Å². The van der Waals surface area contributed by atoms with Crippen molar-refractivity contribution in [3.8, 4) is 0 Å². The molecule has 0 aromatic heterocycles. The predicted octanol–water partition coefficient (Wildman–Crippen LogP) is 4.77. The molecule has 23 heavy (non-hydrogen) atoms. The fraction of sp³-hybridized carbons (Fsp3) is 0.895. The van der Waals surface area contributed by atoms with Gasteiger partial charge in [-0.15, -0.1) is 0 Å². The van der Waals surface area contributed by atoms with Crippen LogP contribution in [-0.2, 0) is 14.3 Å². The Kier molecular flexibility index (Phi) is 7.32. The van der Waals surface area contributed by atoms with E-state index in [4.69, 9.17) is 4.74 Å².